The summed E-state index contributed by atoms with van der Waals surface area (Å²) in [7, 11) is 0. The number of para-hydroxylation sites is 2. The number of halogens is 1. The first kappa shape index (κ1) is 19.7. The standard InChI is InChI=1S/C21H19ClN6O2/c1-3-27-20(30)15-11-7-8-12-16(15)23-21(27)25-24-19(29)17-13(2)26-28(18(17)22)14-9-5-4-6-10-14/h4-12H,3H2,1-2H3,(H,23,25)(H,24,29). The van der Waals surface area contributed by atoms with Gasteiger partial charge in [0.15, 0.2) is 0 Å². The van der Waals surface area contributed by atoms with Crippen LogP contribution >= 0.6 is 11.6 Å². The number of fused-ring (bicyclic) bond motifs is 1. The number of benzene rings is 2. The van der Waals surface area contributed by atoms with Crippen molar-refractivity contribution in [2.45, 2.75) is 20.4 Å². The quantitative estimate of drug-likeness (QED) is 0.481. The monoisotopic (exact) mass is 422 g/mol. The molecule has 2 N–H and O–H groups in total. The fraction of sp³-hybridized carbons (Fsp3) is 0.143. The maximum absolute atomic E-state index is 12.8. The third-order valence-corrected chi connectivity index (χ3v) is 5.05. The van der Waals surface area contributed by atoms with Crippen molar-refractivity contribution >= 4 is 34.4 Å². The van der Waals surface area contributed by atoms with Gasteiger partial charge in [-0.05, 0) is 38.1 Å². The van der Waals surface area contributed by atoms with E-state index < -0.39 is 5.91 Å². The molecule has 0 aliphatic rings. The zero-order chi connectivity index (χ0) is 21.3. The van der Waals surface area contributed by atoms with Crippen molar-refractivity contribution in [3.05, 3.63) is 81.4 Å². The van der Waals surface area contributed by atoms with E-state index in [0.717, 1.165) is 5.69 Å². The molecule has 0 fully saturated rings. The molecule has 0 atom stereocenters. The van der Waals surface area contributed by atoms with Crippen LogP contribution in [0.15, 0.2) is 59.4 Å². The molecule has 4 rings (SSSR count). The van der Waals surface area contributed by atoms with Gasteiger partial charge in [0.25, 0.3) is 11.5 Å². The first-order valence-corrected chi connectivity index (χ1v) is 9.75. The van der Waals surface area contributed by atoms with Crippen LogP contribution in [0.5, 0.6) is 0 Å². The van der Waals surface area contributed by atoms with Gasteiger partial charge in [-0.3, -0.25) is 25.0 Å². The van der Waals surface area contributed by atoms with Gasteiger partial charge in [-0.1, -0.05) is 41.9 Å². The van der Waals surface area contributed by atoms with Crippen molar-refractivity contribution < 1.29 is 4.79 Å². The van der Waals surface area contributed by atoms with Crippen LogP contribution in [0.1, 0.15) is 23.0 Å². The zero-order valence-corrected chi connectivity index (χ0v) is 17.1. The van der Waals surface area contributed by atoms with Crippen LogP contribution in [0.4, 0.5) is 5.95 Å². The highest BCUT2D eigenvalue weighted by Gasteiger charge is 2.21. The van der Waals surface area contributed by atoms with E-state index in [9.17, 15) is 9.59 Å². The van der Waals surface area contributed by atoms with Gasteiger partial charge in [0.1, 0.15) is 10.7 Å². The summed E-state index contributed by atoms with van der Waals surface area (Å²) in [6.45, 7) is 3.92. The van der Waals surface area contributed by atoms with Crippen LogP contribution in [0.3, 0.4) is 0 Å². The normalized spacial score (nSPS) is 10.9. The summed E-state index contributed by atoms with van der Waals surface area (Å²) < 4.78 is 2.95. The summed E-state index contributed by atoms with van der Waals surface area (Å²) in [4.78, 5) is 30.0. The van der Waals surface area contributed by atoms with E-state index >= 15 is 0 Å². The van der Waals surface area contributed by atoms with Crippen LogP contribution in [0.2, 0.25) is 5.15 Å². The van der Waals surface area contributed by atoms with Gasteiger partial charge in [0.05, 0.1) is 22.3 Å². The average molecular weight is 423 g/mol. The van der Waals surface area contributed by atoms with E-state index in [2.05, 4.69) is 20.9 Å². The smallest absolute Gasteiger partial charge is 0.274 e. The van der Waals surface area contributed by atoms with Crippen LogP contribution in [0, 0.1) is 6.92 Å². The SMILES string of the molecule is CCn1c(NNC(=O)c2c(C)nn(-c3ccccc3)c2Cl)nc2ccccc2c1=O. The number of amides is 1. The van der Waals surface area contributed by atoms with Crippen LogP contribution in [-0.2, 0) is 6.54 Å². The number of nitrogens with one attached hydrogen (secondary N) is 2. The number of nitrogens with zero attached hydrogens (tertiary/aromatic N) is 4. The summed E-state index contributed by atoms with van der Waals surface area (Å²) in [6, 6.07) is 16.3. The van der Waals surface area contributed by atoms with Gasteiger partial charge < -0.3 is 0 Å². The molecular weight excluding hydrogens is 404 g/mol. The summed E-state index contributed by atoms with van der Waals surface area (Å²) >= 11 is 6.44. The maximum atomic E-state index is 12.8. The molecule has 0 aliphatic carbocycles. The minimum atomic E-state index is -0.482. The molecular formula is C21H19ClN6O2. The highest BCUT2D eigenvalue weighted by atomic mass is 35.5. The first-order chi connectivity index (χ1) is 14.5. The Bertz CT molecular complexity index is 1300. The van der Waals surface area contributed by atoms with Crippen molar-refractivity contribution in [2.24, 2.45) is 0 Å². The van der Waals surface area contributed by atoms with E-state index in [4.69, 9.17) is 11.6 Å². The van der Waals surface area contributed by atoms with Crippen molar-refractivity contribution in [1.29, 1.82) is 0 Å². The lowest BCUT2D eigenvalue weighted by atomic mass is 10.2. The van der Waals surface area contributed by atoms with Crippen molar-refractivity contribution in [1.82, 2.24) is 24.8 Å². The van der Waals surface area contributed by atoms with Gasteiger partial charge >= 0.3 is 0 Å². The number of anilines is 1. The Morgan fingerprint density at radius 2 is 1.80 bits per heavy atom. The fourth-order valence-electron chi connectivity index (χ4n) is 3.23. The zero-order valence-electron chi connectivity index (χ0n) is 16.4. The lowest BCUT2D eigenvalue weighted by molar-refractivity contribution is 0.0961. The van der Waals surface area contributed by atoms with Gasteiger partial charge in [0.2, 0.25) is 5.95 Å². The predicted molar refractivity (Wildman–Crippen MR) is 116 cm³/mol. The molecule has 152 valence electrons. The van der Waals surface area contributed by atoms with Gasteiger partial charge in [-0.15, -0.1) is 0 Å². The Hall–Kier alpha value is -3.65. The lowest BCUT2D eigenvalue weighted by Crippen LogP contribution is -2.34. The maximum Gasteiger partial charge on any atom is 0.274 e. The fourth-order valence-corrected chi connectivity index (χ4v) is 3.59. The minimum Gasteiger partial charge on any atom is -0.277 e. The van der Waals surface area contributed by atoms with Crippen molar-refractivity contribution in [3.63, 3.8) is 0 Å². The first-order valence-electron chi connectivity index (χ1n) is 9.37. The molecule has 4 aromatic rings. The number of aryl methyl sites for hydroxylation is 1. The van der Waals surface area contributed by atoms with Crippen LogP contribution in [-0.4, -0.2) is 25.2 Å². The number of aromatic nitrogens is 4. The largest absolute Gasteiger partial charge is 0.277 e. The highest BCUT2D eigenvalue weighted by Crippen LogP contribution is 2.23. The van der Waals surface area contributed by atoms with Gasteiger partial charge in [-0.2, -0.15) is 5.10 Å². The second-order valence-corrected chi connectivity index (χ2v) is 6.94. The Morgan fingerprint density at radius 3 is 2.53 bits per heavy atom. The Balaban J connectivity index is 1.63. The molecule has 0 saturated heterocycles. The predicted octanol–water partition coefficient (Wildman–Crippen LogP) is 3.32. The van der Waals surface area contributed by atoms with Crippen molar-refractivity contribution in [2.75, 3.05) is 5.43 Å². The Morgan fingerprint density at radius 1 is 1.10 bits per heavy atom. The Kier molecular flexibility index (Phi) is 5.24. The topological polar surface area (TPSA) is 93.8 Å². The van der Waals surface area contributed by atoms with Gasteiger partial charge in [0, 0.05) is 6.54 Å². The van der Waals surface area contributed by atoms with Gasteiger partial charge in [-0.25, -0.2) is 9.67 Å². The molecule has 8 nitrogen and oxygen atoms in total. The Labute approximate surface area is 177 Å². The number of rotatable bonds is 5. The molecule has 30 heavy (non-hydrogen) atoms. The third-order valence-electron chi connectivity index (χ3n) is 4.70. The highest BCUT2D eigenvalue weighted by molar-refractivity contribution is 6.33. The molecule has 0 unspecified atom stereocenters. The molecule has 9 heteroatoms. The average Bonchev–Trinajstić information content (AvgIpc) is 3.07. The van der Waals surface area contributed by atoms with Crippen LogP contribution < -0.4 is 16.4 Å². The van der Waals surface area contributed by atoms with E-state index in [-0.39, 0.29) is 22.2 Å². The lowest BCUT2D eigenvalue weighted by Gasteiger charge is -2.14. The molecule has 2 aromatic heterocycles. The second-order valence-electron chi connectivity index (χ2n) is 6.58. The second kappa shape index (κ2) is 8.00. The van der Waals surface area contributed by atoms with E-state index in [1.54, 1.807) is 31.2 Å². The number of hydrazine groups is 1. The number of carbonyl (C=O) groups is 1. The van der Waals surface area contributed by atoms with E-state index in [1.165, 1.54) is 9.25 Å². The van der Waals surface area contributed by atoms with Crippen LogP contribution in [0.25, 0.3) is 16.6 Å². The molecule has 2 heterocycles. The van der Waals surface area contributed by atoms with Crippen molar-refractivity contribution in [3.8, 4) is 5.69 Å². The molecule has 0 spiro atoms. The molecule has 0 bridgehead atoms. The summed E-state index contributed by atoms with van der Waals surface area (Å²) in [5.74, 6) is -0.247. The minimum absolute atomic E-state index is 0.189. The summed E-state index contributed by atoms with van der Waals surface area (Å²) in [5, 5.41) is 5.08. The number of hydrogen-bond acceptors (Lipinski definition) is 5. The number of hydrogen-bond donors (Lipinski definition) is 2. The van der Waals surface area contributed by atoms with E-state index in [1.807, 2.05) is 37.3 Å². The molecule has 0 saturated carbocycles. The molecule has 1 amide bonds. The summed E-state index contributed by atoms with van der Waals surface area (Å²) in [5.41, 5.74) is 7.14. The summed E-state index contributed by atoms with van der Waals surface area (Å²) in [6.07, 6.45) is 0. The molecule has 2 aromatic carbocycles. The van der Waals surface area contributed by atoms with E-state index in [0.29, 0.717) is 23.1 Å². The third kappa shape index (κ3) is 3.42. The molecule has 0 aliphatic heterocycles. The number of carbonyl (C=O) groups excluding carboxylic acids is 1. The molecule has 0 radical (unpaired) electrons.